The Kier molecular flexibility index (Phi) is 9.26. The van der Waals surface area contributed by atoms with Crippen LogP contribution in [0.3, 0.4) is 0 Å². The summed E-state index contributed by atoms with van der Waals surface area (Å²) >= 11 is 0. The Labute approximate surface area is 224 Å². The molecule has 1 aliphatic rings. The fourth-order valence-corrected chi connectivity index (χ4v) is 4.51. The first kappa shape index (κ1) is 27.1. The molecular weight excluding hydrogens is 482 g/mol. The molecule has 0 spiro atoms. The van der Waals surface area contributed by atoms with Gasteiger partial charge >= 0.3 is 0 Å². The number of benzene rings is 2. The van der Waals surface area contributed by atoms with Crippen LogP contribution in [0, 0.1) is 6.92 Å². The van der Waals surface area contributed by atoms with Gasteiger partial charge in [-0.15, -0.1) is 10.2 Å². The van der Waals surface area contributed by atoms with Gasteiger partial charge in [-0.1, -0.05) is 18.2 Å². The number of rotatable bonds is 9. The van der Waals surface area contributed by atoms with Crippen LogP contribution < -0.4 is 9.64 Å². The third-order valence-corrected chi connectivity index (χ3v) is 6.76. The zero-order chi connectivity index (χ0) is 26.9. The largest absolute Gasteiger partial charge is 0.497 e. The summed E-state index contributed by atoms with van der Waals surface area (Å²) in [5.74, 6) is 1.36. The normalized spacial score (nSPS) is 13.7. The molecule has 4 rings (SSSR count). The molecule has 0 unspecified atom stereocenters. The summed E-state index contributed by atoms with van der Waals surface area (Å²) in [6, 6.07) is 19.1. The topological polar surface area (TPSA) is 88.1 Å². The Hall–Kier alpha value is -3.98. The smallest absolute Gasteiger partial charge is 0.254 e. The second-order valence-corrected chi connectivity index (χ2v) is 9.26. The van der Waals surface area contributed by atoms with E-state index in [-0.39, 0.29) is 18.4 Å². The van der Waals surface area contributed by atoms with Crippen molar-refractivity contribution in [3.8, 4) is 17.0 Å². The number of ether oxygens (including phenoxy) is 2. The number of methoxy groups -OCH3 is 2. The van der Waals surface area contributed by atoms with Gasteiger partial charge in [0.05, 0.1) is 19.4 Å². The molecule has 9 nitrogen and oxygen atoms in total. The average Bonchev–Trinajstić information content (AvgIpc) is 3.22. The maximum atomic E-state index is 13.3. The molecule has 1 fully saturated rings. The number of anilines is 1. The molecule has 0 atom stereocenters. The van der Waals surface area contributed by atoms with Crippen LogP contribution in [0.2, 0.25) is 0 Å². The van der Waals surface area contributed by atoms with Crippen LogP contribution in [-0.4, -0.2) is 91.9 Å². The van der Waals surface area contributed by atoms with Crippen LogP contribution in [0.15, 0.2) is 60.7 Å². The molecule has 0 N–H and O–H groups in total. The SMILES string of the molecule is COCCN(CC(=O)N1CCCN(c2ccc(-c3ccc(OC)cc3)nn2)CC1)C(=O)c1ccccc1C. The fraction of sp³-hybridized carbons (Fsp3) is 0.379. The van der Waals surface area contributed by atoms with Gasteiger partial charge in [0, 0.05) is 51.0 Å². The monoisotopic (exact) mass is 517 g/mol. The number of aryl methyl sites for hydroxylation is 1. The fourth-order valence-electron chi connectivity index (χ4n) is 4.51. The number of carbonyl (C=O) groups is 2. The van der Waals surface area contributed by atoms with Gasteiger partial charge in [-0.2, -0.15) is 0 Å². The Morgan fingerprint density at radius 2 is 1.71 bits per heavy atom. The van der Waals surface area contributed by atoms with E-state index < -0.39 is 0 Å². The first-order chi connectivity index (χ1) is 18.5. The summed E-state index contributed by atoms with van der Waals surface area (Å²) in [7, 11) is 3.23. The van der Waals surface area contributed by atoms with Gasteiger partial charge in [0.15, 0.2) is 5.82 Å². The molecule has 0 saturated carbocycles. The molecule has 9 heteroatoms. The van der Waals surface area contributed by atoms with Crippen molar-refractivity contribution in [2.75, 3.05) is 65.0 Å². The highest BCUT2D eigenvalue weighted by Crippen LogP contribution is 2.22. The van der Waals surface area contributed by atoms with Gasteiger partial charge in [-0.25, -0.2) is 0 Å². The van der Waals surface area contributed by atoms with E-state index >= 15 is 0 Å². The summed E-state index contributed by atoms with van der Waals surface area (Å²) in [5, 5.41) is 8.87. The van der Waals surface area contributed by atoms with Crippen molar-refractivity contribution in [1.82, 2.24) is 20.0 Å². The lowest BCUT2D eigenvalue weighted by atomic mass is 10.1. The van der Waals surface area contributed by atoms with Crippen molar-refractivity contribution in [2.45, 2.75) is 13.3 Å². The van der Waals surface area contributed by atoms with Gasteiger partial charge in [0.2, 0.25) is 5.91 Å². The van der Waals surface area contributed by atoms with E-state index in [0.29, 0.717) is 38.3 Å². The van der Waals surface area contributed by atoms with E-state index in [0.717, 1.165) is 41.4 Å². The van der Waals surface area contributed by atoms with Crippen molar-refractivity contribution in [2.24, 2.45) is 0 Å². The van der Waals surface area contributed by atoms with Gasteiger partial charge in [-0.05, 0) is 61.4 Å². The van der Waals surface area contributed by atoms with Gasteiger partial charge in [0.25, 0.3) is 5.91 Å². The first-order valence-electron chi connectivity index (χ1n) is 12.8. The van der Waals surface area contributed by atoms with Gasteiger partial charge in [0.1, 0.15) is 12.3 Å². The molecule has 2 amide bonds. The predicted molar refractivity (Wildman–Crippen MR) is 146 cm³/mol. The average molecular weight is 518 g/mol. The van der Waals surface area contributed by atoms with Crippen molar-refractivity contribution in [3.05, 3.63) is 71.8 Å². The molecule has 1 saturated heterocycles. The minimum absolute atomic E-state index is 0.0207. The van der Waals surface area contributed by atoms with Crippen LogP contribution >= 0.6 is 0 Å². The lowest BCUT2D eigenvalue weighted by molar-refractivity contribution is -0.131. The Morgan fingerprint density at radius 3 is 2.39 bits per heavy atom. The highest BCUT2D eigenvalue weighted by molar-refractivity contribution is 5.97. The summed E-state index contributed by atoms with van der Waals surface area (Å²) < 4.78 is 10.4. The van der Waals surface area contributed by atoms with Gasteiger partial charge < -0.3 is 24.2 Å². The standard InChI is InChI=1S/C29H35N5O4/c1-22-7-4-5-8-25(22)29(36)34(19-20-37-2)21-28(35)33-16-6-15-32(17-18-33)27-14-13-26(30-31-27)23-9-11-24(38-3)12-10-23/h4-5,7-14H,6,15-21H2,1-3H3. The second kappa shape index (κ2) is 13.0. The molecule has 3 aromatic rings. The van der Waals surface area contributed by atoms with E-state index in [2.05, 4.69) is 15.1 Å². The third-order valence-electron chi connectivity index (χ3n) is 6.76. The van der Waals surface area contributed by atoms with Crippen LogP contribution in [0.25, 0.3) is 11.3 Å². The summed E-state index contributed by atoms with van der Waals surface area (Å²) in [6.45, 7) is 5.24. The summed E-state index contributed by atoms with van der Waals surface area (Å²) in [5.41, 5.74) is 3.25. The number of aromatic nitrogens is 2. The van der Waals surface area contributed by atoms with Gasteiger partial charge in [-0.3, -0.25) is 9.59 Å². The van der Waals surface area contributed by atoms with Crippen molar-refractivity contribution in [1.29, 1.82) is 0 Å². The molecule has 200 valence electrons. The number of carbonyl (C=O) groups excluding carboxylic acids is 2. The molecular formula is C29H35N5O4. The van der Waals surface area contributed by atoms with Crippen LogP contribution in [0.5, 0.6) is 5.75 Å². The maximum absolute atomic E-state index is 13.3. The quantitative estimate of drug-likeness (QED) is 0.430. The maximum Gasteiger partial charge on any atom is 0.254 e. The van der Waals surface area contributed by atoms with Crippen molar-refractivity contribution >= 4 is 17.6 Å². The Morgan fingerprint density at radius 1 is 0.921 bits per heavy atom. The molecule has 0 aliphatic carbocycles. The van der Waals surface area contributed by atoms with Crippen molar-refractivity contribution < 1.29 is 19.1 Å². The highest BCUT2D eigenvalue weighted by atomic mass is 16.5. The van der Waals surface area contributed by atoms with Crippen LogP contribution in [-0.2, 0) is 9.53 Å². The number of hydrogen-bond acceptors (Lipinski definition) is 7. The van der Waals surface area contributed by atoms with E-state index in [1.54, 1.807) is 25.2 Å². The second-order valence-electron chi connectivity index (χ2n) is 9.26. The Bertz CT molecular complexity index is 1220. The lowest BCUT2D eigenvalue weighted by Gasteiger charge is -2.27. The molecule has 0 radical (unpaired) electrons. The molecule has 2 heterocycles. The molecule has 1 aliphatic heterocycles. The number of amides is 2. The molecule has 2 aromatic carbocycles. The highest BCUT2D eigenvalue weighted by Gasteiger charge is 2.25. The number of nitrogens with zero attached hydrogens (tertiary/aromatic N) is 5. The van der Waals surface area contributed by atoms with E-state index in [4.69, 9.17) is 9.47 Å². The third kappa shape index (κ3) is 6.66. The minimum Gasteiger partial charge on any atom is -0.497 e. The lowest BCUT2D eigenvalue weighted by Crippen LogP contribution is -2.45. The molecule has 0 bridgehead atoms. The molecule has 1 aromatic heterocycles. The van der Waals surface area contributed by atoms with Crippen molar-refractivity contribution in [3.63, 3.8) is 0 Å². The zero-order valence-corrected chi connectivity index (χ0v) is 22.3. The summed E-state index contributed by atoms with van der Waals surface area (Å²) in [6.07, 6.45) is 0.803. The summed E-state index contributed by atoms with van der Waals surface area (Å²) in [4.78, 5) is 32.1. The van der Waals surface area contributed by atoms with Crippen LogP contribution in [0.4, 0.5) is 5.82 Å². The zero-order valence-electron chi connectivity index (χ0n) is 22.3. The Balaban J connectivity index is 1.37. The predicted octanol–water partition coefficient (Wildman–Crippen LogP) is 3.29. The van der Waals surface area contributed by atoms with E-state index in [9.17, 15) is 9.59 Å². The minimum atomic E-state index is -0.155. The van der Waals surface area contributed by atoms with Crippen LogP contribution in [0.1, 0.15) is 22.3 Å². The van der Waals surface area contributed by atoms with E-state index in [1.165, 1.54) is 0 Å². The van der Waals surface area contributed by atoms with E-state index in [1.807, 2.05) is 66.4 Å². The number of hydrogen-bond donors (Lipinski definition) is 0. The molecule has 38 heavy (non-hydrogen) atoms. The first-order valence-corrected chi connectivity index (χ1v) is 12.8.